The molecule has 0 aliphatic carbocycles. The zero-order valence-electron chi connectivity index (χ0n) is 7.74. The van der Waals surface area contributed by atoms with Crippen LogP contribution in [0.15, 0.2) is 18.2 Å². The van der Waals surface area contributed by atoms with Crippen LogP contribution in [-0.2, 0) is 4.79 Å². The number of halogens is 2. The summed E-state index contributed by atoms with van der Waals surface area (Å²) in [4.78, 5) is 20.8. The van der Waals surface area contributed by atoms with Gasteiger partial charge in [-0.3, -0.25) is 14.9 Å². The van der Waals surface area contributed by atoms with Gasteiger partial charge in [0.1, 0.15) is 5.78 Å². The summed E-state index contributed by atoms with van der Waals surface area (Å²) < 4.78 is 0.707. The van der Waals surface area contributed by atoms with E-state index in [9.17, 15) is 14.9 Å². The number of non-ortho nitro benzene ring substituents is 1. The van der Waals surface area contributed by atoms with Crippen LogP contribution in [0.5, 0.6) is 0 Å². The van der Waals surface area contributed by atoms with E-state index in [1.807, 2.05) is 22.6 Å². The van der Waals surface area contributed by atoms with Crippen molar-refractivity contribution in [1.82, 2.24) is 0 Å². The Balaban J connectivity index is 3.13. The fraction of sp³-hybridized carbons (Fsp3) is 0.222. The van der Waals surface area contributed by atoms with Crippen molar-refractivity contribution in [2.24, 2.45) is 0 Å². The van der Waals surface area contributed by atoms with Crippen molar-refractivity contribution in [2.45, 2.75) is 11.8 Å². The molecule has 4 nitrogen and oxygen atoms in total. The first-order valence-corrected chi connectivity index (χ1v) is 6.01. The molecule has 0 radical (unpaired) electrons. The van der Waals surface area contributed by atoms with Crippen LogP contribution < -0.4 is 0 Å². The number of alkyl halides is 1. The maximum atomic E-state index is 11.1. The van der Waals surface area contributed by atoms with Crippen LogP contribution in [0.2, 0.25) is 0 Å². The first-order valence-electron chi connectivity index (χ1n) is 4.02. The van der Waals surface area contributed by atoms with E-state index >= 15 is 0 Å². The van der Waals surface area contributed by atoms with Gasteiger partial charge in [-0.25, -0.2) is 0 Å². The van der Waals surface area contributed by atoms with Gasteiger partial charge in [0, 0.05) is 15.7 Å². The lowest BCUT2D eigenvalue weighted by Crippen LogP contribution is -2.03. The van der Waals surface area contributed by atoms with Crippen LogP contribution in [-0.4, -0.2) is 10.7 Å². The number of carbonyl (C=O) groups is 1. The van der Waals surface area contributed by atoms with Crippen LogP contribution in [0.1, 0.15) is 17.3 Å². The van der Waals surface area contributed by atoms with Crippen molar-refractivity contribution in [3.8, 4) is 0 Å². The van der Waals surface area contributed by atoms with E-state index in [4.69, 9.17) is 0 Å². The van der Waals surface area contributed by atoms with Crippen LogP contribution in [0.4, 0.5) is 5.69 Å². The van der Waals surface area contributed by atoms with Gasteiger partial charge in [-0.2, -0.15) is 0 Å². The van der Waals surface area contributed by atoms with Crippen molar-refractivity contribution in [1.29, 1.82) is 0 Å². The maximum absolute atomic E-state index is 11.1. The summed E-state index contributed by atoms with van der Waals surface area (Å²) in [5.74, 6) is -0.0261. The van der Waals surface area contributed by atoms with Crippen molar-refractivity contribution in [2.75, 3.05) is 0 Å². The normalized spacial score (nSPS) is 12.2. The van der Waals surface area contributed by atoms with E-state index in [2.05, 4.69) is 15.9 Å². The highest BCUT2D eigenvalue weighted by molar-refractivity contribution is 14.1. The molecule has 0 saturated carbocycles. The minimum Gasteiger partial charge on any atom is -0.298 e. The van der Waals surface area contributed by atoms with Crippen LogP contribution in [0, 0.1) is 13.7 Å². The first kappa shape index (κ1) is 12.6. The first-order chi connectivity index (χ1) is 6.93. The van der Waals surface area contributed by atoms with Gasteiger partial charge in [0.25, 0.3) is 5.69 Å². The van der Waals surface area contributed by atoms with E-state index in [1.165, 1.54) is 19.1 Å². The molecule has 0 saturated heterocycles. The summed E-state index contributed by atoms with van der Waals surface area (Å²) in [5, 5.41) is 10.5. The molecule has 0 aromatic heterocycles. The molecule has 0 N–H and O–H groups in total. The third kappa shape index (κ3) is 2.97. The largest absolute Gasteiger partial charge is 0.298 e. The molecule has 0 aliphatic rings. The SMILES string of the molecule is CC(=O)C(Br)c1ccc([N+](=O)[O-])cc1I. The van der Waals surface area contributed by atoms with E-state index < -0.39 is 9.75 Å². The molecule has 6 heteroatoms. The maximum Gasteiger partial charge on any atom is 0.270 e. The van der Waals surface area contributed by atoms with Gasteiger partial charge in [0.15, 0.2) is 0 Å². The molecule has 0 heterocycles. The van der Waals surface area contributed by atoms with Crippen molar-refractivity contribution < 1.29 is 9.72 Å². The Morgan fingerprint density at radius 2 is 2.20 bits per heavy atom. The third-order valence-corrected chi connectivity index (χ3v) is 3.90. The van der Waals surface area contributed by atoms with Crippen molar-refractivity contribution in [3.63, 3.8) is 0 Å². The second-order valence-electron chi connectivity index (χ2n) is 2.94. The van der Waals surface area contributed by atoms with Crippen molar-refractivity contribution in [3.05, 3.63) is 37.4 Å². The summed E-state index contributed by atoms with van der Waals surface area (Å²) in [6, 6.07) is 4.45. The standard InChI is InChI=1S/C9H7BrINO3/c1-5(13)9(10)7-3-2-6(12(14)15)4-8(7)11/h2-4,9H,1H3. The van der Waals surface area contributed by atoms with Gasteiger partial charge in [-0.05, 0) is 41.1 Å². The predicted octanol–water partition coefficient (Wildman–Crippen LogP) is 3.22. The molecule has 1 unspecified atom stereocenters. The Kier molecular flexibility index (Phi) is 4.21. The van der Waals surface area contributed by atoms with Crippen LogP contribution in [0.25, 0.3) is 0 Å². The highest BCUT2D eigenvalue weighted by Gasteiger charge is 2.17. The molecular formula is C9H7BrINO3. The minimum atomic E-state index is -0.455. The second-order valence-corrected chi connectivity index (χ2v) is 5.01. The predicted molar refractivity (Wildman–Crippen MR) is 68.2 cm³/mol. The monoisotopic (exact) mass is 383 g/mol. The Labute approximate surface area is 108 Å². The van der Waals surface area contributed by atoms with Crippen LogP contribution in [0.3, 0.4) is 0 Å². The summed E-state index contributed by atoms with van der Waals surface area (Å²) in [6.07, 6.45) is 0. The summed E-state index contributed by atoms with van der Waals surface area (Å²) >= 11 is 5.22. The van der Waals surface area contributed by atoms with E-state index in [1.54, 1.807) is 6.07 Å². The average Bonchev–Trinajstić information content (AvgIpc) is 2.16. The van der Waals surface area contributed by atoms with Gasteiger partial charge < -0.3 is 0 Å². The Bertz CT molecular complexity index is 422. The topological polar surface area (TPSA) is 60.2 Å². The van der Waals surface area contributed by atoms with Crippen LogP contribution >= 0.6 is 38.5 Å². The molecule has 1 rings (SSSR count). The number of hydrogen-bond donors (Lipinski definition) is 0. The second kappa shape index (κ2) is 5.02. The summed E-state index contributed by atoms with van der Waals surface area (Å²) in [6.45, 7) is 1.47. The Morgan fingerprint density at radius 3 is 2.60 bits per heavy atom. The smallest absolute Gasteiger partial charge is 0.270 e. The molecule has 0 amide bonds. The van der Waals surface area contributed by atoms with Gasteiger partial charge in [0.05, 0.1) is 9.75 Å². The highest BCUT2D eigenvalue weighted by Crippen LogP contribution is 2.30. The molecule has 0 bridgehead atoms. The molecule has 0 spiro atoms. The van der Waals surface area contributed by atoms with E-state index in [0.29, 0.717) is 3.57 Å². The number of carbonyl (C=O) groups excluding carboxylic acids is 1. The van der Waals surface area contributed by atoms with Gasteiger partial charge in [0.2, 0.25) is 0 Å². The van der Waals surface area contributed by atoms with Gasteiger partial charge in [-0.15, -0.1) is 0 Å². The molecule has 15 heavy (non-hydrogen) atoms. The molecule has 1 aromatic carbocycles. The quantitative estimate of drug-likeness (QED) is 0.348. The number of ketones is 1. The average molecular weight is 384 g/mol. The number of rotatable bonds is 3. The Morgan fingerprint density at radius 1 is 1.60 bits per heavy atom. The molecule has 80 valence electrons. The zero-order valence-corrected chi connectivity index (χ0v) is 11.5. The lowest BCUT2D eigenvalue weighted by atomic mass is 10.1. The van der Waals surface area contributed by atoms with Gasteiger partial charge >= 0.3 is 0 Å². The molecule has 0 aliphatic heterocycles. The van der Waals surface area contributed by atoms with E-state index in [-0.39, 0.29) is 11.5 Å². The fourth-order valence-corrected chi connectivity index (χ4v) is 2.69. The minimum absolute atomic E-state index is 0.0261. The Hall–Kier alpha value is -0.500. The summed E-state index contributed by atoms with van der Waals surface area (Å²) in [5.41, 5.74) is 0.792. The summed E-state index contributed by atoms with van der Waals surface area (Å²) in [7, 11) is 0. The number of benzene rings is 1. The van der Waals surface area contributed by atoms with Gasteiger partial charge in [-0.1, -0.05) is 15.9 Å². The number of nitro groups is 1. The molecular weight excluding hydrogens is 377 g/mol. The third-order valence-electron chi connectivity index (χ3n) is 1.82. The molecule has 1 atom stereocenters. The zero-order chi connectivity index (χ0) is 11.6. The lowest BCUT2D eigenvalue weighted by Gasteiger charge is -2.08. The number of nitrogens with zero attached hydrogens (tertiary/aromatic N) is 1. The number of hydrogen-bond acceptors (Lipinski definition) is 3. The fourth-order valence-electron chi connectivity index (χ4n) is 1.05. The molecule has 0 fully saturated rings. The van der Waals surface area contributed by atoms with E-state index in [0.717, 1.165) is 5.56 Å². The number of nitro benzene ring substituents is 1. The number of Topliss-reactive ketones (excluding diaryl/α,β-unsaturated/α-hetero) is 1. The highest BCUT2D eigenvalue weighted by atomic mass is 127. The molecule has 1 aromatic rings. The van der Waals surface area contributed by atoms with Crippen molar-refractivity contribution >= 4 is 50.0 Å². The lowest BCUT2D eigenvalue weighted by molar-refractivity contribution is -0.385.